The van der Waals surface area contributed by atoms with Crippen molar-refractivity contribution in [3.05, 3.63) is 58.7 Å². The first-order valence-electron chi connectivity index (χ1n) is 19.5. The van der Waals surface area contributed by atoms with Crippen LogP contribution in [0.15, 0.2) is 45.2 Å². The second-order valence-corrected chi connectivity index (χ2v) is 48.3. The summed E-state index contributed by atoms with van der Waals surface area (Å²) in [6.07, 6.45) is 2.17. The van der Waals surface area contributed by atoms with Gasteiger partial charge in [-0.15, -0.1) is 0 Å². The molecule has 0 saturated carbocycles. The third-order valence-corrected chi connectivity index (χ3v) is 49.3. The van der Waals surface area contributed by atoms with E-state index in [0.717, 1.165) is 46.7 Å². The topological polar surface area (TPSA) is 44.7 Å². The summed E-state index contributed by atoms with van der Waals surface area (Å²) >= 11 is 0. The summed E-state index contributed by atoms with van der Waals surface area (Å²) in [5, 5.41) is 10.6. The molecule has 0 spiro atoms. The minimum absolute atomic E-state index is 0.126. The Balaban J connectivity index is 1.74. The fourth-order valence-corrected chi connectivity index (χ4v) is 28.8. The highest BCUT2D eigenvalue weighted by molar-refractivity contribution is 7.51. The van der Waals surface area contributed by atoms with Crippen molar-refractivity contribution >= 4 is 95.0 Å². The molecule has 8 heteroatoms. The molecule has 4 nitrogen and oxygen atoms in total. The maximum absolute atomic E-state index is 7.50. The molecule has 2 unspecified atom stereocenters. The standard InChI is InChI=1S/C44H60O4Si4/c1-17-29(7)45-31-21-33-37-25(3)19-27(5)43-41(37)47-39(33)35(23-31)49(9,10)51(13,14)44-28(6)20-26(4)38-34-22-32(46-30(8)18-2)24-36(40(34)48-42(38)44)50(11,12)52(43,15)16/h19-24,29-30H,17-18H2,1-16H3. The Bertz CT molecular complexity index is 2260. The van der Waals surface area contributed by atoms with Crippen molar-refractivity contribution in [3.63, 3.8) is 0 Å². The van der Waals surface area contributed by atoms with Crippen molar-refractivity contribution in [3.8, 4) is 11.5 Å². The van der Waals surface area contributed by atoms with Crippen LogP contribution >= 0.6 is 0 Å². The molecule has 0 radical (unpaired) electrons. The fourth-order valence-electron chi connectivity index (χ4n) is 9.33. The van der Waals surface area contributed by atoms with Gasteiger partial charge in [0.05, 0.1) is 42.6 Å². The first kappa shape index (κ1) is 37.3. The van der Waals surface area contributed by atoms with Crippen LogP contribution in [0.25, 0.3) is 43.9 Å². The average molecular weight is 765 g/mol. The monoisotopic (exact) mass is 764 g/mol. The summed E-state index contributed by atoms with van der Waals surface area (Å²) in [4.78, 5) is 0. The molecule has 1 aliphatic heterocycles. The van der Waals surface area contributed by atoms with Crippen LogP contribution in [0, 0.1) is 27.7 Å². The van der Waals surface area contributed by atoms with Crippen LogP contribution in [0.4, 0.5) is 0 Å². The summed E-state index contributed by atoms with van der Waals surface area (Å²) in [5.41, 5.74) is 9.61. The molecule has 0 aliphatic carbocycles. The van der Waals surface area contributed by atoms with Gasteiger partial charge in [-0.1, -0.05) is 78.4 Å². The number of benzene rings is 4. The SMILES string of the molecule is CCC(C)Oc1cc2c3oc4c(c(C)cc(C)c4c3c1)[Si](C)(C)[Si](C)(C)c1cc(OC(C)CC)cc3c1oc1c(c(C)cc(C)c13)[Si](C)(C)[Si]2(C)C. The van der Waals surface area contributed by atoms with Crippen molar-refractivity contribution in [2.75, 3.05) is 0 Å². The van der Waals surface area contributed by atoms with Crippen LogP contribution in [-0.4, -0.2) is 42.6 Å². The smallest absolute Gasteiger partial charge is 0.134 e. The van der Waals surface area contributed by atoms with Crippen LogP contribution in [0.3, 0.4) is 0 Å². The van der Waals surface area contributed by atoms with Gasteiger partial charge in [-0.2, -0.15) is 0 Å². The molecule has 0 fully saturated rings. The second kappa shape index (κ2) is 12.2. The molecule has 2 aromatic heterocycles. The lowest BCUT2D eigenvalue weighted by atomic mass is 10.0. The van der Waals surface area contributed by atoms with Crippen LogP contribution in [0.5, 0.6) is 11.5 Å². The van der Waals surface area contributed by atoms with Crippen molar-refractivity contribution in [1.29, 1.82) is 0 Å². The minimum atomic E-state index is -2.33. The third kappa shape index (κ3) is 5.13. The second-order valence-electron chi connectivity index (χ2n) is 18.3. The number of hydrogen-bond donors (Lipinski definition) is 0. The molecule has 0 saturated heterocycles. The number of hydrogen-bond acceptors (Lipinski definition) is 4. The molecule has 7 rings (SSSR count). The van der Waals surface area contributed by atoms with Crippen molar-refractivity contribution < 1.29 is 18.3 Å². The minimum Gasteiger partial charge on any atom is -0.491 e. The lowest BCUT2D eigenvalue weighted by Gasteiger charge is -2.40. The maximum Gasteiger partial charge on any atom is 0.134 e. The van der Waals surface area contributed by atoms with Gasteiger partial charge in [0.15, 0.2) is 0 Å². The molecule has 4 bridgehead atoms. The van der Waals surface area contributed by atoms with Crippen molar-refractivity contribution in [1.82, 2.24) is 0 Å². The number of aryl methyl sites for hydroxylation is 4. The van der Waals surface area contributed by atoms with Crippen LogP contribution < -0.4 is 30.2 Å². The summed E-state index contributed by atoms with van der Waals surface area (Å²) in [5.74, 6) is 1.93. The Kier molecular flexibility index (Phi) is 8.77. The Labute approximate surface area is 314 Å². The molecule has 52 heavy (non-hydrogen) atoms. The molecule has 0 N–H and O–H groups in total. The Morgan fingerprint density at radius 3 is 1.15 bits per heavy atom. The van der Waals surface area contributed by atoms with E-state index in [1.807, 2.05) is 0 Å². The lowest BCUT2D eigenvalue weighted by Crippen LogP contribution is -2.70. The van der Waals surface area contributed by atoms with E-state index in [0.29, 0.717) is 0 Å². The van der Waals surface area contributed by atoms with E-state index in [4.69, 9.17) is 18.3 Å². The zero-order chi connectivity index (χ0) is 38.0. The van der Waals surface area contributed by atoms with Gasteiger partial charge in [-0.25, -0.2) is 0 Å². The summed E-state index contributed by atoms with van der Waals surface area (Å²) < 4.78 is 28.5. The van der Waals surface area contributed by atoms with E-state index < -0.39 is 30.4 Å². The molecule has 0 amide bonds. The molecule has 3 heterocycles. The van der Waals surface area contributed by atoms with Gasteiger partial charge in [0.25, 0.3) is 0 Å². The highest BCUT2D eigenvalue weighted by Crippen LogP contribution is 2.41. The molecule has 4 aromatic carbocycles. The zero-order valence-electron chi connectivity index (χ0n) is 34.7. The Hall–Kier alpha value is -3.05. The van der Waals surface area contributed by atoms with E-state index in [1.54, 1.807) is 0 Å². The average Bonchev–Trinajstić information content (AvgIpc) is 3.62. The quantitative estimate of drug-likeness (QED) is 0.159. The van der Waals surface area contributed by atoms with Crippen LogP contribution in [0.2, 0.25) is 52.4 Å². The first-order chi connectivity index (χ1) is 24.2. The number of furan rings is 2. The van der Waals surface area contributed by atoms with E-state index in [9.17, 15) is 0 Å². The first-order valence-corrected chi connectivity index (χ1v) is 33.5. The number of ether oxygens (including phenoxy) is 2. The predicted octanol–water partition coefficient (Wildman–Crippen LogP) is 10.6. The van der Waals surface area contributed by atoms with Gasteiger partial charge in [0.1, 0.15) is 33.8 Å². The lowest BCUT2D eigenvalue weighted by molar-refractivity contribution is 0.217. The molecule has 276 valence electrons. The molecule has 6 aromatic rings. The zero-order valence-corrected chi connectivity index (χ0v) is 38.7. The molecular weight excluding hydrogens is 705 g/mol. The van der Waals surface area contributed by atoms with Gasteiger partial charge < -0.3 is 18.3 Å². The van der Waals surface area contributed by atoms with E-state index in [2.05, 4.69) is 144 Å². The molecule has 1 aliphatic rings. The van der Waals surface area contributed by atoms with Gasteiger partial charge in [-0.05, 0) is 122 Å². The Morgan fingerprint density at radius 1 is 0.481 bits per heavy atom. The maximum atomic E-state index is 7.50. The van der Waals surface area contributed by atoms with Crippen molar-refractivity contribution in [2.24, 2.45) is 0 Å². The van der Waals surface area contributed by atoms with E-state index in [-0.39, 0.29) is 12.2 Å². The highest BCUT2D eigenvalue weighted by atomic mass is 29.3. The van der Waals surface area contributed by atoms with Gasteiger partial charge in [0.2, 0.25) is 0 Å². The van der Waals surface area contributed by atoms with E-state index >= 15 is 0 Å². The largest absolute Gasteiger partial charge is 0.491 e. The van der Waals surface area contributed by atoms with Crippen LogP contribution in [-0.2, 0) is 0 Å². The summed E-state index contributed by atoms with van der Waals surface area (Å²) in [6.45, 7) is 38.7. The summed E-state index contributed by atoms with van der Waals surface area (Å²) in [7, 11) is -9.27. The van der Waals surface area contributed by atoms with Gasteiger partial charge in [0, 0.05) is 21.5 Å². The highest BCUT2D eigenvalue weighted by Gasteiger charge is 2.51. The number of rotatable bonds is 6. The summed E-state index contributed by atoms with van der Waals surface area (Å²) in [6, 6.07) is 14.2. The van der Waals surface area contributed by atoms with Crippen molar-refractivity contribution in [2.45, 2.75) is 133 Å². The number of fused-ring (bicyclic) bond motifs is 2. The fraction of sp³-hybridized carbons (Fsp3) is 0.455. The third-order valence-electron chi connectivity index (χ3n) is 14.0. The Morgan fingerprint density at radius 2 is 0.827 bits per heavy atom. The predicted molar refractivity (Wildman–Crippen MR) is 236 cm³/mol. The van der Waals surface area contributed by atoms with E-state index in [1.165, 1.54) is 64.5 Å². The molecular formula is C44H60O4Si4. The van der Waals surface area contributed by atoms with Crippen LogP contribution in [0.1, 0.15) is 62.8 Å². The van der Waals surface area contributed by atoms with Gasteiger partial charge in [-0.3, -0.25) is 0 Å². The van der Waals surface area contributed by atoms with Gasteiger partial charge >= 0.3 is 0 Å². The molecule has 2 atom stereocenters. The normalized spacial score (nSPS) is 18.6.